The van der Waals surface area contributed by atoms with E-state index in [2.05, 4.69) is 62.3 Å². The van der Waals surface area contributed by atoms with Crippen molar-refractivity contribution in [3.63, 3.8) is 0 Å². The van der Waals surface area contributed by atoms with Crippen molar-refractivity contribution in [2.45, 2.75) is 59.3 Å². The van der Waals surface area contributed by atoms with Crippen LogP contribution in [0.3, 0.4) is 0 Å². The fourth-order valence-electron chi connectivity index (χ4n) is 2.63. The fourth-order valence-corrected chi connectivity index (χ4v) is 3.45. The lowest BCUT2D eigenvalue weighted by molar-refractivity contribution is 0.301. The zero-order valence-electron chi connectivity index (χ0n) is 15.4. The Balaban J connectivity index is 1.89. The molecule has 1 aromatic heterocycles. The van der Waals surface area contributed by atoms with Gasteiger partial charge in [0.2, 0.25) is 0 Å². The Bertz CT molecular complexity index is 604. The lowest BCUT2D eigenvalue weighted by atomic mass is 10.0. The molecule has 1 heterocycles. The zero-order valence-corrected chi connectivity index (χ0v) is 16.2. The van der Waals surface area contributed by atoms with Crippen LogP contribution in [0.15, 0.2) is 24.3 Å². The monoisotopic (exact) mass is 346 g/mol. The largest absolute Gasteiger partial charge is 0.493 e. The zero-order chi connectivity index (χ0) is 17.4. The number of hydrogen-bond acceptors (Lipinski definition) is 4. The van der Waals surface area contributed by atoms with Gasteiger partial charge in [0.25, 0.3) is 0 Å². The van der Waals surface area contributed by atoms with E-state index in [0.29, 0.717) is 5.92 Å². The Morgan fingerprint density at radius 1 is 1.17 bits per heavy atom. The molecule has 0 bridgehead atoms. The molecule has 0 aliphatic carbocycles. The third-order valence-electron chi connectivity index (χ3n) is 4.29. The second-order valence-electron chi connectivity index (χ2n) is 6.39. The summed E-state index contributed by atoms with van der Waals surface area (Å²) in [7, 11) is 0. The molecule has 132 valence electrons. The topological polar surface area (TPSA) is 34.1 Å². The number of ether oxygens (including phenoxy) is 1. The minimum absolute atomic E-state index is 0.376. The van der Waals surface area contributed by atoms with Gasteiger partial charge in [0, 0.05) is 17.3 Å². The van der Waals surface area contributed by atoms with Crippen molar-refractivity contribution in [3.8, 4) is 5.75 Å². The first kappa shape index (κ1) is 18.8. The Hall–Kier alpha value is -1.55. The fraction of sp³-hybridized carbons (Fsp3) is 0.550. The van der Waals surface area contributed by atoms with Crippen LogP contribution in [0.4, 0.5) is 5.13 Å². The Kier molecular flexibility index (Phi) is 7.57. The molecule has 0 fully saturated rings. The summed E-state index contributed by atoms with van der Waals surface area (Å²) in [4.78, 5) is 5.83. The number of nitrogens with zero attached hydrogens (tertiary/aromatic N) is 1. The highest BCUT2D eigenvalue weighted by Gasteiger charge is 2.12. The predicted octanol–water partition coefficient (Wildman–Crippen LogP) is 5.93. The molecule has 2 rings (SSSR count). The standard InChI is InChI=1S/C20H30N2OS/c1-5-6-7-10-13-23-19-12-9-8-11-18(19)15(2)14-21-20-22-16(3)17(4)24-20/h8-9,11-12,15H,5-7,10,13-14H2,1-4H3,(H,21,22). The lowest BCUT2D eigenvalue weighted by Crippen LogP contribution is -2.11. The number of rotatable bonds is 10. The average Bonchev–Trinajstić information content (AvgIpc) is 2.91. The van der Waals surface area contributed by atoms with Crippen molar-refractivity contribution in [1.82, 2.24) is 4.98 Å². The van der Waals surface area contributed by atoms with Gasteiger partial charge < -0.3 is 10.1 Å². The number of nitrogens with one attached hydrogen (secondary N) is 1. The molecule has 0 saturated carbocycles. The maximum atomic E-state index is 6.04. The molecule has 3 nitrogen and oxygen atoms in total. The van der Waals surface area contributed by atoms with Gasteiger partial charge in [-0.25, -0.2) is 4.98 Å². The van der Waals surface area contributed by atoms with Gasteiger partial charge >= 0.3 is 0 Å². The highest BCUT2D eigenvalue weighted by atomic mass is 32.1. The third-order valence-corrected chi connectivity index (χ3v) is 5.32. The van der Waals surface area contributed by atoms with Crippen molar-refractivity contribution in [3.05, 3.63) is 40.4 Å². The van der Waals surface area contributed by atoms with Crippen molar-refractivity contribution in [2.24, 2.45) is 0 Å². The van der Waals surface area contributed by atoms with Gasteiger partial charge in [-0.3, -0.25) is 0 Å². The highest BCUT2D eigenvalue weighted by molar-refractivity contribution is 7.15. The minimum Gasteiger partial charge on any atom is -0.493 e. The van der Waals surface area contributed by atoms with Crippen molar-refractivity contribution in [2.75, 3.05) is 18.5 Å². The number of aromatic nitrogens is 1. The molecule has 1 N–H and O–H groups in total. The maximum absolute atomic E-state index is 6.04. The van der Waals surface area contributed by atoms with Gasteiger partial charge in [-0.15, -0.1) is 11.3 Å². The number of thiazole rings is 1. The van der Waals surface area contributed by atoms with E-state index in [1.165, 1.54) is 29.7 Å². The van der Waals surface area contributed by atoms with E-state index in [9.17, 15) is 0 Å². The Morgan fingerprint density at radius 2 is 1.96 bits per heavy atom. The van der Waals surface area contributed by atoms with Crippen LogP contribution in [0, 0.1) is 13.8 Å². The first-order valence-corrected chi connectivity index (χ1v) is 9.83. The van der Waals surface area contributed by atoms with E-state index in [1.807, 2.05) is 0 Å². The molecule has 0 radical (unpaired) electrons. The molecular formula is C20H30N2OS. The number of benzene rings is 1. The molecule has 0 amide bonds. The van der Waals surface area contributed by atoms with Crippen molar-refractivity contribution in [1.29, 1.82) is 0 Å². The molecule has 0 aliphatic rings. The molecular weight excluding hydrogens is 316 g/mol. The van der Waals surface area contributed by atoms with Crippen LogP contribution in [-0.2, 0) is 0 Å². The van der Waals surface area contributed by atoms with Crippen molar-refractivity contribution >= 4 is 16.5 Å². The minimum atomic E-state index is 0.376. The van der Waals surface area contributed by atoms with E-state index in [4.69, 9.17) is 4.74 Å². The summed E-state index contributed by atoms with van der Waals surface area (Å²) in [5.41, 5.74) is 2.39. The molecule has 4 heteroatoms. The summed E-state index contributed by atoms with van der Waals surface area (Å²) in [6.07, 6.45) is 4.93. The number of hydrogen-bond donors (Lipinski definition) is 1. The molecule has 24 heavy (non-hydrogen) atoms. The first-order valence-electron chi connectivity index (χ1n) is 9.01. The summed E-state index contributed by atoms with van der Waals surface area (Å²) in [5.74, 6) is 1.40. The van der Waals surface area contributed by atoms with Gasteiger partial charge in [0.05, 0.1) is 12.3 Å². The van der Waals surface area contributed by atoms with Crippen LogP contribution >= 0.6 is 11.3 Å². The highest BCUT2D eigenvalue weighted by Crippen LogP contribution is 2.28. The number of aryl methyl sites for hydroxylation is 2. The van der Waals surface area contributed by atoms with Gasteiger partial charge in [-0.2, -0.15) is 0 Å². The molecule has 0 spiro atoms. The summed E-state index contributed by atoms with van der Waals surface area (Å²) in [6.45, 7) is 10.3. The maximum Gasteiger partial charge on any atom is 0.183 e. The summed E-state index contributed by atoms with van der Waals surface area (Å²) in [5, 5.41) is 4.48. The van der Waals surface area contributed by atoms with Crippen LogP contribution in [0.2, 0.25) is 0 Å². The van der Waals surface area contributed by atoms with Gasteiger partial charge in [-0.05, 0) is 31.9 Å². The molecule has 0 aliphatic heterocycles. The Labute approximate surface area is 150 Å². The number of unbranched alkanes of at least 4 members (excludes halogenated alkanes) is 3. The van der Waals surface area contributed by atoms with E-state index in [0.717, 1.165) is 36.1 Å². The summed E-state index contributed by atoms with van der Waals surface area (Å²) >= 11 is 1.72. The molecule has 1 atom stereocenters. The summed E-state index contributed by atoms with van der Waals surface area (Å²) < 4.78 is 6.04. The van der Waals surface area contributed by atoms with E-state index < -0.39 is 0 Å². The van der Waals surface area contributed by atoms with Crippen LogP contribution in [0.1, 0.15) is 61.6 Å². The van der Waals surface area contributed by atoms with Crippen LogP contribution in [0.5, 0.6) is 5.75 Å². The third kappa shape index (κ3) is 5.52. The first-order chi connectivity index (χ1) is 11.6. The van der Waals surface area contributed by atoms with Crippen LogP contribution in [-0.4, -0.2) is 18.1 Å². The average molecular weight is 347 g/mol. The number of anilines is 1. The second kappa shape index (κ2) is 9.67. The van der Waals surface area contributed by atoms with Crippen LogP contribution in [0.25, 0.3) is 0 Å². The quantitative estimate of drug-likeness (QED) is 0.541. The second-order valence-corrected chi connectivity index (χ2v) is 7.59. The molecule has 1 unspecified atom stereocenters. The van der Waals surface area contributed by atoms with E-state index in [-0.39, 0.29) is 0 Å². The predicted molar refractivity (Wildman–Crippen MR) is 105 cm³/mol. The molecule has 1 aromatic carbocycles. The van der Waals surface area contributed by atoms with E-state index >= 15 is 0 Å². The van der Waals surface area contributed by atoms with Gasteiger partial charge in [-0.1, -0.05) is 51.3 Å². The van der Waals surface area contributed by atoms with Crippen LogP contribution < -0.4 is 10.1 Å². The summed E-state index contributed by atoms with van der Waals surface area (Å²) in [6, 6.07) is 8.40. The smallest absolute Gasteiger partial charge is 0.183 e. The number of para-hydroxylation sites is 1. The van der Waals surface area contributed by atoms with Gasteiger partial charge in [0.15, 0.2) is 5.13 Å². The molecule has 0 saturated heterocycles. The van der Waals surface area contributed by atoms with Crippen molar-refractivity contribution < 1.29 is 4.74 Å². The SMILES string of the molecule is CCCCCCOc1ccccc1C(C)CNc1nc(C)c(C)s1. The Morgan fingerprint density at radius 3 is 2.67 bits per heavy atom. The molecule has 2 aromatic rings. The van der Waals surface area contributed by atoms with E-state index in [1.54, 1.807) is 11.3 Å². The lowest BCUT2D eigenvalue weighted by Gasteiger charge is -2.17. The van der Waals surface area contributed by atoms with Gasteiger partial charge in [0.1, 0.15) is 5.75 Å². The normalized spacial score (nSPS) is 12.2.